The zero-order valence-electron chi connectivity index (χ0n) is 15.1. The quantitative estimate of drug-likeness (QED) is 0.848. The van der Waals surface area contributed by atoms with Crippen LogP contribution in [0.4, 0.5) is 4.39 Å². The number of methoxy groups -OCH3 is 1. The van der Waals surface area contributed by atoms with Crippen molar-refractivity contribution in [2.24, 2.45) is 5.92 Å². The molecule has 5 nitrogen and oxygen atoms in total. The first-order valence-electron chi connectivity index (χ1n) is 9.13. The molecule has 1 fully saturated rings. The summed E-state index contributed by atoms with van der Waals surface area (Å²) in [4.78, 5) is 12.9. The second-order valence-corrected chi connectivity index (χ2v) is 7.15. The monoisotopic (exact) mass is 371 g/mol. The van der Waals surface area contributed by atoms with Crippen molar-refractivity contribution in [1.82, 2.24) is 5.32 Å². The Balaban J connectivity index is 1.62. The molecular weight excluding hydrogens is 349 g/mol. The lowest BCUT2D eigenvalue weighted by atomic mass is 9.74. The fourth-order valence-electron chi connectivity index (χ4n) is 3.85. The van der Waals surface area contributed by atoms with E-state index in [1.807, 2.05) is 12.1 Å². The van der Waals surface area contributed by atoms with Crippen LogP contribution in [0.1, 0.15) is 40.4 Å². The highest BCUT2D eigenvalue weighted by Crippen LogP contribution is 2.40. The molecule has 27 heavy (non-hydrogen) atoms. The van der Waals surface area contributed by atoms with Crippen LogP contribution in [-0.2, 0) is 6.42 Å². The van der Waals surface area contributed by atoms with E-state index >= 15 is 0 Å². The number of rotatable bonds is 5. The standard InChI is InChI=1S/C21H22FNO4/c1-26-19-5-3-15(22)11-17(19)21(25)23-20(14-9-16(24)10-14)13-2-4-18-12(8-13)6-7-27-18/h2-5,8,11,14,16,20,24H,6-7,9-10H2,1H3,(H,23,25)/t14?,16?,20-/m1/s1. The summed E-state index contributed by atoms with van der Waals surface area (Å²) in [6, 6.07) is 9.55. The fraction of sp³-hybridized carbons (Fsp3) is 0.381. The van der Waals surface area contributed by atoms with Gasteiger partial charge in [0.15, 0.2) is 0 Å². The molecule has 142 valence electrons. The van der Waals surface area contributed by atoms with Gasteiger partial charge in [0.05, 0.1) is 31.4 Å². The van der Waals surface area contributed by atoms with E-state index in [1.165, 1.54) is 25.3 Å². The first-order valence-corrected chi connectivity index (χ1v) is 9.13. The van der Waals surface area contributed by atoms with Crippen molar-refractivity contribution in [1.29, 1.82) is 0 Å². The van der Waals surface area contributed by atoms with Crippen molar-refractivity contribution in [2.75, 3.05) is 13.7 Å². The molecule has 6 heteroatoms. The number of carbonyl (C=O) groups excluding carboxylic acids is 1. The summed E-state index contributed by atoms with van der Waals surface area (Å²) < 4.78 is 24.4. The van der Waals surface area contributed by atoms with E-state index in [-0.39, 0.29) is 23.6 Å². The van der Waals surface area contributed by atoms with Crippen LogP contribution in [0.25, 0.3) is 0 Å². The minimum Gasteiger partial charge on any atom is -0.496 e. The first-order chi connectivity index (χ1) is 13.0. The van der Waals surface area contributed by atoms with Crippen molar-refractivity contribution in [3.05, 3.63) is 58.9 Å². The molecule has 1 saturated carbocycles. The summed E-state index contributed by atoms with van der Waals surface area (Å²) in [5, 5.41) is 12.8. The molecule has 2 aromatic carbocycles. The number of halogens is 1. The molecule has 2 aliphatic rings. The van der Waals surface area contributed by atoms with Crippen LogP contribution in [0.15, 0.2) is 36.4 Å². The topological polar surface area (TPSA) is 67.8 Å². The van der Waals surface area contributed by atoms with E-state index in [9.17, 15) is 14.3 Å². The number of ether oxygens (including phenoxy) is 2. The van der Waals surface area contributed by atoms with Gasteiger partial charge in [-0.15, -0.1) is 0 Å². The van der Waals surface area contributed by atoms with Gasteiger partial charge in [-0.1, -0.05) is 6.07 Å². The molecule has 1 amide bonds. The van der Waals surface area contributed by atoms with Crippen LogP contribution in [-0.4, -0.2) is 30.8 Å². The van der Waals surface area contributed by atoms with Crippen LogP contribution >= 0.6 is 0 Å². The molecule has 1 atom stereocenters. The molecule has 2 N–H and O–H groups in total. The number of fused-ring (bicyclic) bond motifs is 1. The van der Waals surface area contributed by atoms with Crippen LogP contribution in [0.2, 0.25) is 0 Å². The van der Waals surface area contributed by atoms with Gasteiger partial charge in [0.1, 0.15) is 17.3 Å². The molecule has 2 aromatic rings. The Morgan fingerprint density at radius 3 is 2.85 bits per heavy atom. The second kappa shape index (κ2) is 7.19. The van der Waals surface area contributed by atoms with Gasteiger partial charge in [-0.25, -0.2) is 4.39 Å². The molecule has 0 unspecified atom stereocenters. The van der Waals surface area contributed by atoms with E-state index in [0.29, 0.717) is 25.2 Å². The molecule has 0 saturated heterocycles. The van der Waals surface area contributed by atoms with Crippen molar-refractivity contribution in [2.45, 2.75) is 31.4 Å². The van der Waals surface area contributed by atoms with Gasteiger partial charge in [0, 0.05) is 6.42 Å². The third kappa shape index (κ3) is 3.49. The minimum absolute atomic E-state index is 0.129. The second-order valence-electron chi connectivity index (χ2n) is 7.15. The maximum absolute atomic E-state index is 13.7. The molecule has 0 bridgehead atoms. The van der Waals surface area contributed by atoms with Crippen molar-refractivity contribution < 1.29 is 23.8 Å². The highest BCUT2D eigenvalue weighted by molar-refractivity contribution is 5.97. The Labute approximate surface area is 157 Å². The zero-order valence-corrected chi connectivity index (χ0v) is 15.1. The molecule has 4 rings (SSSR count). The fourth-order valence-corrected chi connectivity index (χ4v) is 3.85. The van der Waals surface area contributed by atoms with Gasteiger partial charge in [-0.2, -0.15) is 0 Å². The van der Waals surface area contributed by atoms with Crippen LogP contribution < -0.4 is 14.8 Å². The molecule has 1 heterocycles. The van der Waals surface area contributed by atoms with Gasteiger partial charge in [0.25, 0.3) is 5.91 Å². The number of hydrogen-bond acceptors (Lipinski definition) is 4. The van der Waals surface area contributed by atoms with Gasteiger partial charge in [-0.3, -0.25) is 4.79 Å². The first kappa shape index (κ1) is 17.8. The lowest BCUT2D eigenvalue weighted by Gasteiger charge is -2.38. The predicted octanol–water partition coefficient (Wildman–Crippen LogP) is 3.01. The Morgan fingerprint density at radius 2 is 2.11 bits per heavy atom. The number of amides is 1. The van der Waals surface area contributed by atoms with E-state index in [0.717, 1.165) is 23.3 Å². The Bertz CT molecular complexity index is 863. The van der Waals surface area contributed by atoms with E-state index in [1.54, 1.807) is 0 Å². The molecule has 0 spiro atoms. The number of nitrogens with one attached hydrogen (secondary N) is 1. The van der Waals surface area contributed by atoms with Crippen molar-refractivity contribution in [3.63, 3.8) is 0 Å². The van der Waals surface area contributed by atoms with Crippen LogP contribution in [0.3, 0.4) is 0 Å². The SMILES string of the molecule is COc1ccc(F)cc1C(=O)N[C@H](c1ccc2c(c1)CCO2)C1CC(O)C1. The third-order valence-corrected chi connectivity index (χ3v) is 5.39. The molecular formula is C21H22FNO4. The zero-order chi connectivity index (χ0) is 19.0. The summed E-state index contributed by atoms with van der Waals surface area (Å²) >= 11 is 0. The number of aliphatic hydroxyl groups excluding tert-OH is 1. The van der Waals surface area contributed by atoms with Gasteiger partial charge < -0.3 is 19.9 Å². The van der Waals surface area contributed by atoms with Crippen LogP contribution in [0, 0.1) is 11.7 Å². The smallest absolute Gasteiger partial charge is 0.255 e. The van der Waals surface area contributed by atoms with E-state index < -0.39 is 11.7 Å². The largest absolute Gasteiger partial charge is 0.496 e. The number of benzene rings is 2. The highest BCUT2D eigenvalue weighted by Gasteiger charge is 2.36. The molecule has 0 radical (unpaired) electrons. The van der Waals surface area contributed by atoms with E-state index in [4.69, 9.17) is 9.47 Å². The number of carbonyl (C=O) groups is 1. The van der Waals surface area contributed by atoms with Gasteiger partial charge >= 0.3 is 0 Å². The van der Waals surface area contributed by atoms with E-state index in [2.05, 4.69) is 11.4 Å². The average molecular weight is 371 g/mol. The molecule has 1 aliphatic heterocycles. The highest BCUT2D eigenvalue weighted by atomic mass is 19.1. The third-order valence-electron chi connectivity index (χ3n) is 5.39. The average Bonchev–Trinajstić information content (AvgIpc) is 3.11. The lowest BCUT2D eigenvalue weighted by molar-refractivity contribution is 0.0235. The maximum atomic E-state index is 13.7. The minimum atomic E-state index is -0.494. The summed E-state index contributed by atoms with van der Waals surface area (Å²) in [7, 11) is 1.45. The Kier molecular flexibility index (Phi) is 4.74. The number of hydrogen-bond donors (Lipinski definition) is 2. The van der Waals surface area contributed by atoms with Crippen molar-refractivity contribution >= 4 is 5.91 Å². The Morgan fingerprint density at radius 1 is 1.30 bits per heavy atom. The predicted molar refractivity (Wildman–Crippen MR) is 97.5 cm³/mol. The molecule has 1 aliphatic carbocycles. The maximum Gasteiger partial charge on any atom is 0.255 e. The molecule has 0 aromatic heterocycles. The normalized spacial score (nSPS) is 21.6. The summed E-state index contributed by atoms with van der Waals surface area (Å²) in [6.07, 6.45) is 1.75. The summed E-state index contributed by atoms with van der Waals surface area (Å²) in [5.41, 5.74) is 2.25. The van der Waals surface area contributed by atoms with Gasteiger partial charge in [-0.05, 0) is 60.2 Å². The lowest BCUT2D eigenvalue weighted by Crippen LogP contribution is -2.41. The number of aliphatic hydroxyl groups is 1. The summed E-state index contributed by atoms with van der Waals surface area (Å²) in [6.45, 7) is 0.665. The summed E-state index contributed by atoms with van der Waals surface area (Å²) in [5.74, 6) is 0.442. The van der Waals surface area contributed by atoms with Gasteiger partial charge in [0.2, 0.25) is 0 Å². The van der Waals surface area contributed by atoms with Crippen molar-refractivity contribution in [3.8, 4) is 11.5 Å². The van der Waals surface area contributed by atoms with Crippen LogP contribution in [0.5, 0.6) is 11.5 Å². The Hall–Kier alpha value is -2.60.